The van der Waals surface area contributed by atoms with E-state index >= 15 is 0 Å². The first kappa shape index (κ1) is 10.0. The van der Waals surface area contributed by atoms with E-state index in [1.807, 2.05) is 0 Å². The first-order chi connectivity index (χ1) is 5.75. The molecule has 0 spiro atoms. The van der Waals surface area contributed by atoms with Gasteiger partial charge in [0.25, 0.3) is 0 Å². The predicted molar refractivity (Wildman–Crippen MR) is 51.4 cm³/mol. The molecular formula is C10H21NO. The van der Waals surface area contributed by atoms with Gasteiger partial charge in [-0.1, -0.05) is 6.92 Å². The van der Waals surface area contributed by atoms with Crippen molar-refractivity contribution in [1.82, 2.24) is 4.90 Å². The fourth-order valence-corrected chi connectivity index (χ4v) is 1.88. The fraction of sp³-hybridized carbons (Fsp3) is 1.00. The van der Waals surface area contributed by atoms with Gasteiger partial charge in [0.05, 0.1) is 6.61 Å². The van der Waals surface area contributed by atoms with Gasteiger partial charge in [0.2, 0.25) is 0 Å². The van der Waals surface area contributed by atoms with Crippen molar-refractivity contribution < 1.29 is 4.74 Å². The molecule has 0 bridgehead atoms. The van der Waals surface area contributed by atoms with Gasteiger partial charge in [0.15, 0.2) is 0 Å². The highest BCUT2D eigenvalue weighted by Gasteiger charge is 2.21. The van der Waals surface area contributed by atoms with Crippen LogP contribution in [0.1, 0.15) is 33.6 Å². The molecule has 0 saturated carbocycles. The van der Waals surface area contributed by atoms with Crippen LogP contribution < -0.4 is 0 Å². The molecule has 1 heterocycles. The zero-order valence-corrected chi connectivity index (χ0v) is 8.55. The van der Waals surface area contributed by atoms with Crippen LogP contribution >= 0.6 is 0 Å². The molecule has 0 N–H and O–H groups in total. The summed E-state index contributed by atoms with van der Waals surface area (Å²) in [7, 11) is 0. The number of nitrogens with zero attached hydrogens (tertiary/aromatic N) is 1. The minimum Gasteiger partial charge on any atom is -0.380 e. The molecule has 2 heteroatoms. The molecule has 1 fully saturated rings. The standard InChI is InChI=1S/C10H21NO/c1-4-10-8-12-7-5-6-11(10)9(2)3/h9-10H,4-8H2,1-3H3/t10-/m1/s1. The van der Waals surface area contributed by atoms with Crippen molar-refractivity contribution in [2.45, 2.75) is 45.7 Å². The van der Waals surface area contributed by atoms with Gasteiger partial charge in [-0.2, -0.15) is 0 Å². The van der Waals surface area contributed by atoms with E-state index in [2.05, 4.69) is 25.7 Å². The lowest BCUT2D eigenvalue weighted by Crippen LogP contribution is -2.41. The molecule has 1 aliphatic rings. The summed E-state index contributed by atoms with van der Waals surface area (Å²) in [6, 6.07) is 1.31. The molecule has 12 heavy (non-hydrogen) atoms. The molecule has 2 nitrogen and oxygen atoms in total. The maximum atomic E-state index is 5.54. The molecule has 1 saturated heterocycles. The van der Waals surface area contributed by atoms with Gasteiger partial charge in [0.1, 0.15) is 0 Å². The minimum atomic E-state index is 0.646. The van der Waals surface area contributed by atoms with E-state index in [1.165, 1.54) is 19.4 Å². The topological polar surface area (TPSA) is 12.5 Å². The Kier molecular flexibility index (Phi) is 4.02. The number of hydrogen-bond acceptors (Lipinski definition) is 2. The lowest BCUT2D eigenvalue weighted by molar-refractivity contribution is 0.0849. The highest BCUT2D eigenvalue weighted by Crippen LogP contribution is 2.13. The van der Waals surface area contributed by atoms with Crippen LogP contribution in [0.15, 0.2) is 0 Å². The van der Waals surface area contributed by atoms with Gasteiger partial charge in [-0.3, -0.25) is 4.90 Å². The average molecular weight is 171 g/mol. The molecule has 1 atom stereocenters. The van der Waals surface area contributed by atoms with Crippen molar-refractivity contribution >= 4 is 0 Å². The molecule has 0 aromatic heterocycles. The smallest absolute Gasteiger partial charge is 0.0621 e. The van der Waals surface area contributed by atoms with Gasteiger partial charge in [-0.05, 0) is 26.7 Å². The Bertz CT molecular complexity index is 125. The SMILES string of the molecule is CC[C@@H]1COCCCN1C(C)C. The van der Waals surface area contributed by atoms with Crippen LogP contribution in [0.25, 0.3) is 0 Å². The summed E-state index contributed by atoms with van der Waals surface area (Å²) in [4.78, 5) is 2.56. The second-order valence-electron chi connectivity index (χ2n) is 3.82. The average Bonchev–Trinajstić information content (AvgIpc) is 2.27. The number of ether oxygens (including phenoxy) is 1. The molecule has 0 unspecified atom stereocenters. The van der Waals surface area contributed by atoms with E-state index in [1.54, 1.807) is 0 Å². The predicted octanol–water partition coefficient (Wildman–Crippen LogP) is 1.90. The zero-order valence-electron chi connectivity index (χ0n) is 8.55. The van der Waals surface area contributed by atoms with Gasteiger partial charge >= 0.3 is 0 Å². The van der Waals surface area contributed by atoms with E-state index in [-0.39, 0.29) is 0 Å². The molecule has 0 radical (unpaired) electrons. The molecule has 0 aromatic carbocycles. The van der Waals surface area contributed by atoms with E-state index in [9.17, 15) is 0 Å². The molecule has 0 amide bonds. The zero-order chi connectivity index (χ0) is 8.97. The third kappa shape index (κ3) is 2.46. The number of hydrogen-bond donors (Lipinski definition) is 0. The Morgan fingerprint density at radius 2 is 2.25 bits per heavy atom. The normalized spacial score (nSPS) is 27.5. The van der Waals surface area contributed by atoms with Crippen molar-refractivity contribution in [1.29, 1.82) is 0 Å². The highest BCUT2D eigenvalue weighted by atomic mass is 16.5. The summed E-state index contributed by atoms with van der Waals surface area (Å²) in [6.45, 7) is 9.86. The minimum absolute atomic E-state index is 0.646. The Hall–Kier alpha value is -0.0800. The summed E-state index contributed by atoms with van der Waals surface area (Å²) in [5, 5.41) is 0. The fourth-order valence-electron chi connectivity index (χ4n) is 1.88. The monoisotopic (exact) mass is 171 g/mol. The Balaban J connectivity index is 2.51. The van der Waals surface area contributed by atoms with E-state index in [0.29, 0.717) is 12.1 Å². The summed E-state index contributed by atoms with van der Waals surface area (Å²) < 4.78 is 5.54. The van der Waals surface area contributed by atoms with Crippen LogP contribution in [-0.4, -0.2) is 36.7 Å². The first-order valence-corrected chi connectivity index (χ1v) is 5.09. The largest absolute Gasteiger partial charge is 0.380 e. The van der Waals surface area contributed by atoms with E-state index < -0.39 is 0 Å². The van der Waals surface area contributed by atoms with Crippen molar-refractivity contribution in [3.05, 3.63) is 0 Å². The summed E-state index contributed by atoms with van der Waals surface area (Å²) in [5.74, 6) is 0. The molecule has 72 valence electrons. The van der Waals surface area contributed by atoms with Gasteiger partial charge < -0.3 is 4.74 Å². The number of rotatable bonds is 2. The molecule has 1 rings (SSSR count). The van der Waals surface area contributed by atoms with Crippen LogP contribution in [0.5, 0.6) is 0 Å². The van der Waals surface area contributed by atoms with Crippen LogP contribution in [0.3, 0.4) is 0 Å². The second-order valence-corrected chi connectivity index (χ2v) is 3.82. The van der Waals surface area contributed by atoms with Crippen LogP contribution in [0, 0.1) is 0 Å². The Morgan fingerprint density at radius 1 is 1.50 bits per heavy atom. The third-order valence-electron chi connectivity index (χ3n) is 2.62. The van der Waals surface area contributed by atoms with Gasteiger partial charge in [0, 0.05) is 25.2 Å². The van der Waals surface area contributed by atoms with Gasteiger partial charge in [-0.25, -0.2) is 0 Å². The van der Waals surface area contributed by atoms with Crippen LogP contribution in [0.4, 0.5) is 0 Å². The lowest BCUT2D eigenvalue weighted by atomic mass is 10.1. The molecule has 1 aliphatic heterocycles. The van der Waals surface area contributed by atoms with Crippen LogP contribution in [0.2, 0.25) is 0 Å². The second kappa shape index (κ2) is 4.83. The highest BCUT2D eigenvalue weighted by molar-refractivity contribution is 4.75. The van der Waals surface area contributed by atoms with E-state index in [0.717, 1.165) is 13.2 Å². The summed E-state index contributed by atoms with van der Waals surface area (Å²) in [5.41, 5.74) is 0. The maximum absolute atomic E-state index is 5.54. The maximum Gasteiger partial charge on any atom is 0.0621 e. The lowest BCUT2D eigenvalue weighted by Gasteiger charge is -2.31. The van der Waals surface area contributed by atoms with E-state index in [4.69, 9.17) is 4.74 Å². The Morgan fingerprint density at radius 3 is 2.83 bits per heavy atom. The van der Waals surface area contributed by atoms with Crippen molar-refractivity contribution in [2.24, 2.45) is 0 Å². The summed E-state index contributed by atoms with van der Waals surface area (Å²) >= 11 is 0. The van der Waals surface area contributed by atoms with Crippen molar-refractivity contribution in [2.75, 3.05) is 19.8 Å². The quantitative estimate of drug-likeness (QED) is 0.629. The molecule has 0 aliphatic carbocycles. The van der Waals surface area contributed by atoms with Gasteiger partial charge in [-0.15, -0.1) is 0 Å². The Labute approximate surface area is 75.9 Å². The molecule has 0 aromatic rings. The van der Waals surface area contributed by atoms with Crippen molar-refractivity contribution in [3.63, 3.8) is 0 Å². The van der Waals surface area contributed by atoms with Crippen LogP contribution in [-0.2, 0) is 4.74 Å². The third-order valence-corrected chi connectivity index (χ3v) is 2.62. The van der Waals surface area contributed by atoms with Crippen molar-refractivity contribution in [3.8, 4) is 0 Å². The first-order valence-electron chi connectivity index (χ1n) is 5.09. The molecular weight excluding hydrogens is 150 g/mol. The summed E-state index contributed by atoms with van der Waals surface area (Å²) in [6.07, 6.45) is 2.40.